The molecule has 6 heteroatoms. The maximum atomic E-state index is 14.9. The fraction of sp³-hybridized carbons (Fsp3) is 0.676. The summed E-state index contributed by atoms with van der Waals surface area (Å²) in [6, 6.07) is 6.52. The second-order valence-corrected chi connectivity index (χ2v) is 11.3. The van der Waals surface area contributed by atoms with E-state index in [1.54, 1.807) is 12.3 Å². The van der Waals surface area contributed by atoms with E-state index in [2.05, 4.69) is 18.8 Å². The van der Waals surface area contributed by atoms with Gasteiger partial charge in [-0.1, -0.05) is 110 Å². The molecule has 1 aliphatic rings. The van der Waals surface area contributed by atoms with Crippen LogP contribution in [0.1, 0.15) is 128 Å². The zero-order valence-corrected chi connectivity index (χ0v) is 24.9. The molecule has 0 aliphatic carbocycles. The number of aromatic nitrogens is 1. The standard InChI is InChI=1S/C34H51F2NO3/c1-3-5-7-9-11-12-14-16-18-27-25-39-34(40-26-27)28-19-21-30(37-24-28)29-20-22-31(33(36)32(29)35)38-23-17-15-13-10-8-6-4-2/h19-22,24,27,34H,3-18,23,25-26H2,1-2H3. The van der Waals surface area contributed by atoms with Crippen molar-refractivity contribution in [3.05, 3.63) is 47.7 Å². The van der Waals surface area contributed by atoms with Crippen LogP contribution in [0.5, 0.6) is 5.75 Å². The fourth-order valence-electron chi connectivity index (χ4n) is 5.26. The Bertz CT molecular complexity index is 945. The van der Waals surface area contributed by atoms with Gasteiger partial charge in [0.1, 0.15) is 0 Å². The summed E-state index contributed by atoms with van der Waals surface area (Å²) >= 11 is 0. The lowest BCUT2D eigenvalue weighted by Crippen LogP contribution is -2.27. The molecule has 0 unspecified atom stereocenters. The monoisotopic (exact) mass is 559 g/mol. The number of pyridine rings is 1. The highest BCUT2D eigenvalue weighted by Gasteiger charge is 2.24. The third-order valence-electron chi connectivity index (χ3n) is 7.82. The molecule has 1 aromatic carbocycles. The first-order valence-corrected chi connectivity index (χ1v) is 15.9. The molecule has 0 bridgehead atoms. The summed E-state index contributed by atoms with van der Waals surface area (Å²) in [5.74, 6) is -1.53. The van der Waals surface area contributed by atoms with Gasteiger partial charge in [-0.05, 0) is 31.0 Å². The van der Waals surface area contributed by atoms with Gasteiger partial charge in [0.2, 0.25) is 5.82 Å². The number of rotatable bonds is 20. The molecular weight excluding hydrogens is 508 g/mol. The summed E-state index contributed by atoms with van der Waals surface area (Å²) in [5, 5.41) is 0. The van der Waals surface area contributed by atoms with Gasteiger partial charge >= 0.3 is 0 Å². The topological polar surface area (TPSA) is 40.6 Å². The van der Waals surface area contributed by atoms with Crippen LogP contribution in [0.3, 0.4) is 0 Å². The molecule has 0 saturated carbocycles. The Hall–Kier alpha value is -2.05. The largest absolute Gasteiger partial charge is 0.490 e. The fourth-order valence-corrected chi connectivity index (χ4v) is 5.26. The SMILES string of the molecule is CCCCCCCCCCC1COC(c2ccc(-c3ccc(OCCCCCCCCC)c(F)c3F)nc2)OC1. The predicted octanol–water partition coefficient (Wildman–Crippen LogP) is 10.3. The second-order valence-electron chi connectivity index (χ2n) is 11.3. The number of hydrogen-bond donors (Lipinski definition) is 0. The first-order valence-electron chi connectivity index (χ1n) is 15.9. The van der Waals surface area contributed by atoms with Crippen molar-refractivity contribution in [1.29, 1.82) is 0 Å². The highest BCUT2D eigenvalue weighted by atomic mass is 19.2. The second kappa shape index (κ2) is 19.1. The number of benzene rings is 1. The van der Waals surface area contributed by atoms with Gasteiger partial charge in [0.05, 0.1) is 25.5 Å². The van der Waals surface area contributed by atoms with E-state index >= 15 is 0 Å². The van der Waals surface area contributed by atoms with Crippen LogP contribution in [0.15, 0.2) is 30.5 Å². The van der Waals surface area contributed by atoms with E-state index in [-0.39, 0.29) is 11.3 Å². The number of nitrogens with zero attached hydrogens (tertiary/aromatic N) is 1. The Morgan fingerprint density at radius 2 is 1.32 bits per heavy atom. The van der Waals surface area contributed by atoms with Gasteiger partial charge in [0, 0.05) is 23.2 Å². The van der Waals surface area contributed by atoms with Crippen LogP contribution in [-0.2, 0) is 9.47 Å². The van der Waals surface area contributed by atoms with E-state index in [1.165, 1.54) is 89.2 Å². The highest BCUT2D eigenvalue weighted by molar-refractivity contribution is 5.61. The average Bonchev–Trinajstić information content (AvgIpc) is 2.98. The van der Waals surface area contributed by atoms with E-state index in [4.69, 9.17) is 14.2 Å². The van der Waals surface area contributed by atoms with Crippen LogP contribution in [0.4, 0.5) is 8.78 Å². The van der Waals surface area contributed by atoms with Gasteiger partial charge in [-0.15, -0.1) is 0 Å². The molecule has 2 aromatic rings. The van der Waals surface area contributed by atoms with E-state index in [0.717, 1.165) is 31.2 Å². The summed E-state index contributed by atoms with van der Waals surface area (Å²) < 4.78 is 47.0. The summed E-state index contributed by atoms with van der Waals surface area (Å²) in [5.41, 5.74) is 1.26. The third kappa shape index (κ3) is 11.1. The van der Waals surface area contributed by atoms with Crippen LogP contribution < -0.4 is 4.74 Å². The zero-order chi connectivity index (χ0) is 28.4. The van der Waals surface area contributed by atoms with Crippen molar-refractivity contribution in [2.24, 2.45) is 5.92 Å². The van der Waals surface area contributed by atoms with Gasteiger partial charge in [-0.3, -0.25) is 4.98 Å². The molecule has 3 rings (SSSR count). The number of halogens is 2. The van der Waals surface area contributed by atoms with Crippen LogP contribution in [-0.4, -0.2) is 24.8 Å². The molecule has 1 aliphatic heterocycles. The maximum absolute atomic E-state index is 14.9. The van der Waals surface area contributed by atoms with E-state index in [1.807, 2.05) is 6.07 Å². The number of hydrogen-bond acceptors (Lipinski definition) is 4. The van der Waals surface area contributed by atoms with Crippen molar-refractivity contribution < 1.29 is 23.0 Å². The lowest BCUT2D eigenvalue weighted by atomic mass is 10.0. The Labute approximate surface area is 241 Å². The molecule has 1 aromatic heterocycles. The summed E-state index contributed by atoms with van der Waals surface area (Å²) in [6.45, 7) is 6.18. The Morgan fingerprint density at radius 1 is 0.725 bits per heavy atom. The normalized spacial score (nSPS) is 17.3. The smallest absolute Gasteiger partial charge is 0.201 e. The van der Waals surface area contributed by atoms with Crippen LogP contribution in [0.2, 0.25) is 0 Å². The molecular formula is C34H51F2NO3. The van der Waals surface area contributed by atoms with E-state index in [0.29, 0.717) is 31.4 Å². The minimum absolute atomic E-state index is 0.0469. The first kappa shape index (κ1) is 32.5. The summed E-state index contributed by atoms with van der Waals surface area (Å²) in [7, 11) is 0. The first-order chi connectivity index (χ1) is 19.6. The van der Waals surface area contributed by atoms with Crippen molar-refractivity contribution >= 4 is 0 Å². The number of unbranched alkanes of at least 4 members (excludes halogenated alkanes) is 13. The van der Waals surface area contributed by atoms with E-state index < -0.39 is 17.9 Å². The molecule has 4 nitrogen and oxygen atoms in total. The van der Waals surface area contributed by atoms with Crippen LogP contribution in [0.25, 0.3) is 11.3 Å². The number of ether oxygens (including phenoxy) is 3. The third-order valence-corrected chi connectivity index (χ3v) is 7.82. The Kier molecular flexibility index (Phi) is 15.5. The van der Waals surface area contributed by atoms with Crippen molar-refractivity contribution in [3.63, 3.8) is 0 Å². The molecule has 0 atom stereocenters. The minimum atomic E-state index is -0.965. The molecule has 2 heterocycles. The van der Waals surface area contributed by atoms with E-state index in [9.17, 15) is 8.78 Å². The predicted molar refractivity (Wildman–Crippen MR) is 158 cm³/mol. The van der Waals surface area contributed by atoms with Crippen molar-refractivity contribution in [3.8, 4) is 17.0 Å². The average molecular weight is 560 g/mol. The highest BCUT2D eigenvalue weighted by Crippen LogP contribution is 2.31. The minimum Gasteiger partial charge on any atom is -0.490 e. The van der Waals surface area contributed by atoms with Gasteiger partial charge in [-0.25, -0.2) is 4.39 Å². The van der Waals surface area contributed by atoms with Gasteiger partial charge in [0.25, 0.3) is 0 Å². The van der Waals surface area contributed by atoms with Gasteiger partial charge < -0.3 is 14.2 Å². The lowest BCUT2D eigenvalue weighted by molar-refractivity contribution is -0.206. The van der Waals surface area contributed by atoms with Crippen molar-refractivity contribution in [2.75, 3.05) is 19.8 Å². The Morgan fingerprint density at radius 3 is 1.93 bits per heavy atom. The zero-order valence-electron chi connectivity index (χ0n) is 24.9. The van der Waals surface area contributed by atoms with Gasteiger partial charge in [-0.2, -0.15) is 4.39 Å². The molecule has 1 saturated heterocycles. The molecule has 0 radical (unpaired) electrons. The molecule has 1 fully saturated rings. The summed E-state index contributed by atoms with van der Waals surface area (Å²) in [4.78, 5) is 4.38. The molecule has 40 heavy (non-hydrogen) atoms. The van der Waals surface area contributed by atoms with Crippen molar-refractivity contribution in [2.45, 2.75) is 123 Å². The molecule has 0 amide bonds. The van der Waals surface area contributed by atoms with Crippen LogP contribution in [0, 0.1) is 17.6 Å². The molecule has 0 spiro atoms. The van der Waals surface area contributed by atoms with Crippen LogP contribution >= 0.6 is 0 Å². The summed E-state index contributed by atoms with van der Waals surface area (Å²) in [6.07, 6.45) is 20.8. The molecule has 0 N–H and O–H groups in total. The molecule has 224 valence electrons. The maximum Gasteiger partial charge on any atom is 0.201 e. The Balaban J connectivity index is 1.38. The van der Waals surface area contributed by atoms with Gasteiger partial charge in [0.15, 0.2) is 17.9 Å². The quantitative estimate of drug-likeness (QED) is 0.151. The van der Waals surface area contributed by atoms with Crippen molar-refractivity contribution in [1.82, 2.24) is 4.98 Å². The lowest BCUT2D eigenvalue weighted by Gasteiger charge is -2.29.